The molecule has 0 atom stereocenters. The van der Waals surface area contributed by atoms with Crippen molar-refractivity contribution in [3.8, 4) is 5.75 Å². The van der Waals surface area contributed by atoms with E-state index in [-0.39, 0.29) is 12.5 Å². The zero-order valence-electron chi connectivity index (χ0n) is 11.8. The number of nitrogens with zero attached hydrogens (tertiary/aromatic N) is 1. The van der Waals surface area contributed by atoms with Crippen molar-refractivity contribution in [2.75, 3.05) is 32.0 Å². The summed E-state index contributed by atoms with van der Waals surface area (Å²) in [4.78, 5) is 14.0. The van der Waals surface area contributed by atoms with E-state index >= 15 is 0 Å². The van der Waals surface area contributed by atoms with Gasteiger partial charge in [-0.3, -0.25) is 4.79 Å². The number of nitrogens with two attached hydrogens (primary N) is 1. The summed E-state index contributed by atoms with van der Waals surface area (Å²) in [5, 5.41) is 8.72. The molecule has 0 radical (unpaired) electrons. The fraction of sp³-hybridized carbons (Fsp3) is 0.533. The molecule has 2 rings (SSSR count). The number of aliphatic hydroxyl groups is 1. The van der Waals surface area contributed by atoms with E-state index in [9.17, 15) is 4.79 Å². The molecule has 5 heteroatoms. The molecule has 3 N–H and O–H groups in total. The number of carbonyl (C=O) groups excluding carboxylic acids is 1. The molecule has 1 aliphatic rings. The van der Waals surface area contributed by atoms with Crippen LogP contribution in [0.2, 0.25) is 0 Å². The lowest BCUT2D eigenvalue weighted by atomic mass is 10.0. The predicted octanol–water partition coefficient (Wildman–Crippen LogP) is 1.51. The van der Waals surface area contributed by atoms with Crippen LogP contribution in [0.3, 0.4) is 0 Å². The lowest BCUT2D eigenvalue weighted by Gasteiger charge is -2.37. The lowest BCUT2D eigenvalue weighted by molar-refractivity contribution is 0.0530. The van der Waals surface area contributed by atoms with Crippen molar-refractivity contribution in [3.05, 3.63) is 23.8 Å². The number of nitrogen functional groups attached to an aromatic ring is 1. The molecule has 5 nitrogen and oxygen atoms in total. The maximum atomic E-state index is 12.2. The normalized spacial score (nSPS) is 15.0. The van der Waals surface area contributed by atoms with Crippen LogP contribution >= 0.6 is 0 Å². The zero-order chi connectivity index (χ0) is 14.5. The van der Waals surface area contributed by atoms with Gasteiger partial charge in [-0.2, -0.15) is 0 Å². The Labute approximate surface area is 119 Å². The van der Waals surface area contributed by atoms with Gasteiger partial charge in [0.25, 0.3) is 5.91 Å². The molecule has 0 spiro atoms. The molecule has 1 aliphatic heterocycles. The summed E-state index contributed by atoms with van der Waals surface area (Å²) >= 11 is 0. The highest BCUT2D eigenvalue weighted by atomic mass is 16.5. The van der Waals surface area contributed by atoms with E-state index in [1.807, 2.05) is 4.90 Å². The number of benzene rings is 1. The molecule has 0 unspecified atom stereocenters. The highest BCUT2D eigenvalue weighted by Gasteiger charge is 2.28. The van der Waals surface area contributed by atoms with Gasteiger partial charge in [-0.15, -0.1) is 0 Å². The topological polar surface area (TPSA) is 75.8 Å². The Balaban J connectivity index is 1.98. The monoisotopic (exact) mass is 278 g/mol. The third kappa shape index (κ3) is 3.42. The third-order valence-corrected chi connectivity index (χ3v) is 3.42. The Morgan fingerprint density at radius 2 is 2.20 bits per heavy atom. The quantitative estimate of drug-likeness (QED) is 0.611. The summed E-state index contributed by atoms with van der Waals surface area (Å²) in [6.07, 6.45) is 1.46. The number of ether oxygens (including phenoxy) is 1. The van der Waals surface area contributed by atoms with Crippen LogP contribution in [0, 0.1) is 5.92 Å². The van der Waals surface area contributed by atoms with Crippen LogP contribution in [0.4, 0.5) is 5.69 Å². The number of hydrogen-bond acceptors (Lipinski definition) is 4. The minimum absolute atomic E-state index is 0.0308. The Bertz CT molecular complexity index is 470. The van der Waals surface area contributed by atoms with E-state index in [1.54, 1.807) is 18.2 Å². The van der Waals surface area contributed by atoms with Crippen molar-refractivity contribution < 1.29 is 14.6 Å². The second-order valence-corrected chi connectivity index (χ2v) is 5.35. The van der Waals surface area contributed by atoms with Crippen molar-refractivity contribution in [3.63, 3.8) is 0 Å². The molecular formula is C15H22N2O3. The first-order chi connectivity index (χ1) is 9.61. The van der Waals surface area contributed by atoms with Crippen LogP contribution in [0.5, 0.6) is 5.75 Å². The Kier molecular flexibility index (Phi) is 4.84. The summed E-state index contributed by atoms with van der Waals surface area (Å²) in [6.45, 7) is 4.40. The van der Waals surface area contributed by atoms with Gasteiger partial charge < -0.3 is 20.5 Å². The van der Waals surface area contributed by atoms with E-state index in [0.717, 1.165) is 19.5 Å². The number of unbranched alkanes of at least 4 members (excludes halogenated alkanes) is 1. The standard InChI is InChI=1S/C15H22N2O3/c1-11-9-17(10-11)15(19)12-4-5-13(16)14(8-12)20-7-3-2-6-18/h4-5,8,11,18H,2-3,6-7,9-10,16H2,1H3. The van der Waals surface area contributed by atoms with E-state index in [4.69, 9.17) is 15.6 Å². The van der Waals surface area contributed by atoms with Crippen molar-refractivity contribution in [1.82, 2.24) is 4.90 Å². The summed E-state index contributed by atoms with van der Waals surface area (Å²) in [7, 11) is 0. The van der Waals surface area contributed by atoms with Gasteiger partial charge in [-0.25, -0.2) is 0 Å². The summed E-state index contributed by atoms with van der Waals surface area (Å²) < 4.78 is 5.58. The molecule has 0 saturated carbocycles. The van der Waals surface area contributed by atoms with Gasteiger partial charge in [-0.1, -0.05) is 6.92 Å². The Hall–Kier alpha value is -1.75. The van der Waals surface area contributed by atoms with Gasteiger partial charge in [0.2, 0.25) is 0 Å². The first-order valence-electron chi connectivity index (χ1n) is 7.04. The highest BCUT2D eigenvalue weighted by Crippen LogP contribution is 2.25. The number of anilines is 1. The second kappa shape index (κ2) is 6.61. The largest absolute Gasteiger partial charge is 0.491 e. The molecule has 0 aromatic heterocycles. The molecule has 1 aromatic carbocycles. The molecular weight excluding hydrogens is 256 g/mol. The minimum atomic E-state index is 0.0308. The van der Waals surface area contributed by atoms with E-state index in [2.05, 4.69) is 6.92 Å². The van der Waals surface area contributed by atoms with Gasteiger partial charge in [0.15, 0.2) is 0 Å². The predicted molar refractivity (Wildman–Crippen MR) is 77.7 cm³/mol. The molecule has 1 saturated heterocycles. The second-order valence-electron chi connectivity index (χ2n) is 5.35. The third-order valence-electron chi connectivity index (χ3n) is 3.42. The van der Waals surface area contributed by atoms with Crippen LogP contribution in [-0.2, 0) is 0 Å². The molecule has 110 valence electrons. The lowest BCUT2D eigenvalue weighted by Crippen LogP contribution is -2.48. The summed E-state index contributed by atoms with van der Waals surface area (Å²) in [6, 6.07) is 5.15. The Morgan fingerprint density at radius 3 is 2.85 bits per heavy atom. The van der Waals surface area contributed by atoms with Crippen molar-refractivity contribution >= 4 is 11.6 Å². The van der Waals surface area contributed by atoms with Gasteiger partial charge in [0.05, 0.1) is 12.3 Å². The zero-order valence-corrected chi connectivity index (χ0v) is 11.8. The van der Waals surface area contributed by atoms with E-state index < -0.39 is 0 Å². The highest BCUT2D eigenvalue weighted by molar-refractivity contribution is 5.95. The summed E-state index contributed by atoms with van der Waals surface area (Å²) in [5.74, 6) is 1.16. The molecule has 1 fully saturated rings. The first kappa shape index (κ1) is 14.7. The number of amides is 1. The van der Waals surface area contributed by atoms with Gasteiger partial charge >= 0.3 is 0 Å². The fourth-order valence-corrected chi connectivity index (χ4v) is 2.24. The maximum Gasteiger partial charge on any atom is 0.254 e. The van der Waals surface area contributed by atoms with E-state index in [0.29, 0.717) is 35.9 Å². The van der Waals surface area contributed by atoms with Crippen LogP contribution in [0.15, 0.2) is 18.2 Å². The number of aliphatic hydroxyl groups excluding tert-OH is 1. The minimum Gasteiger partial charge on any atom is -0.491 e. The smallest absolute Gasteiger partial charge is 0.254 e. The van der Waals surface area contributed by atoms with Crippen LogP contribution in [-0.4, -0.2) is 42.2 Å². The SMILES string of the molecule is CC1CN(C(=O)c2ccc(N)c(OCCCCO)c2)C1. The van der Waals surface area contributed by atoms with Crippen LogP contribution in [0.1, 0.15) is 30.1 Å². The van der Waals surface area contributed by atoms with Gasteiger partial charge in [-0.05, 0) is 37.0 Å². The summed E-state index contributed by atoms with van der Waals surface area (Å²) in [5.41, 5.74) is 6.99. The van der Waals surface area contributed by atoms with Gasteiger partial charge in [0, 0.05) is 25.3 Å². The molecule has 20 heavy (non-hydrogen) atoms. The Morgan fingerprint density at radius 1 is 1.45 bits per heavy atom. The molecule has 0 bridgehead atoms. The van der Waals surface area contributed by atoms with Crippen molar-refractivity contribution in [1.29, 1.82) is 0 Å². The number of rotatable bonds is 6. The van der Waals surface area contributed by atoms with E-state index in [1.165, 1.54) is 0 Å². The molecule has 1 aromatic rings. The molecule has 1 amide bonds. The number of carbonyl (C=O) groups is 1. The maximum absolute atomic E-state index is 12.2. The molecule has 0 aliphatic carbocycles. The van der Waals surface area contributed by atoms with Crippen molar-refractivity contribution in [2.45, 2.75) is 19.8 Å². The van der Waals surface area contributed by atoms with Crippen LogP contribution < -0.4 is 10.5 Å². The van der Waals surface area contributed by atoms with Gasteiger partial charge in [0.1, 0.15) is 5.75 Å². The fourth-order valence-electron chi connectivity index (χ4n) is 2.24. The average molecular weight is 278 g/mol. The van der Waals surface area contributed by atoms with Crippen molar-refractivity contribution in [2.24, 2.45) is 5.92 Å². The number of hydrogen-bond donors (Lipinski definition) is 2. The first-order valence-corrected chi connectivity index (χ1v) is 7.04. The average Bonchev–Trinajstić information content (AvgIpc) is 2.41. The number of likely N-dealkylation sites (tertiary alicyclic amines) is 1. The molecule has 1 heterocycles. The van der Waals surface area contributed by atoms with Crippen LogP contribution in [0.25, 0.3) is 0 Å².